The van der Waals surface area contributed by atoms with E-state index in [1.807, 2.05) is 12.1 Å². The highest BCUT2D eigenvalue weighted by atomic mass is 16.5. The van der Waals surface area contributed by atoms with Gasteiger partial charge in [-0.05, 0) is 50.8 Å². The smallest absolute Gasteiger partial charge is 0.133 e. The highest BCUT2D eigenvalue weighted by Crippen LogP contribution is 2.53. The van der Waals surface area contributed by atoms with Crippen LogP contribution in [0, 0.1) is 5.92 Å². The van der Waals surface area contributed by atoms with E-state index in [1.165, 1.54) is 0 Å². The van der Waals surface area contributed by atoms with Crippen LogP contribution in [-0.2, 0) is 11.2 Å². The number of hydrogen-bond acceptors (Lipinski definition) is 3. The molecule has 1 heterocycles. The summed E-state index contributed by atoms with van der Waals surface area (Å²) in [7, 11) is 0. The number of fused-ring (bicyclic) bond motifs is 3. The van der Waals surface area contributed by atoms with Crippen LogP contribution in [0.1, 0.15) is 69.9 Å². The number of unbranched alkanes of at least 4 members (excludes halogenated alkanes) is 1. The fraction of sp³-hybridized carbons (Fsp3) is 0.571. The third kappa shape index (κ3) is 3.22. The Balaban J connectivity index is 1.94. The third-order valence-electron chi connectivity index (χ3n) is 5.46. The van der Waals surface area contributed by atoms with Gasteiger partial charge in [0.15, 0.2) is 0 Å². The van der Waals surface area contributed by atoms with E-state index in [0.29, 0.717) is 18.6 Å². The molecule has 1 saturated carbocycles. The molecule has 0 radical (unpaired) electrons. The molecule has 1 N–H and O–H groups in total. The molecule has 3 rings (SSSR count). The van der Waals surface area contributed by atoms with Crippen molar-refractivity contribution in [3.63, 3.8) is 0 Å². The van der Waals surface area contributed by atoms with E-state index in [9.17, 15) is 9.90 Å². The van der Waals surface area contributed by atoms with E-state index in [0.717, 1.165) is 42.6 Å². The first-order valence-corrected chi connectivity index (χ1v) is 9.14. The molecule has 0 spiro atoms. The Morgan fingerprint density at radius 1 is 1.33 bits per heavy atom. The second-order valence-corrected chi connectivity index (χ2v) is 7.69. The summed E-state index contributed by atoms with van der Waals surface area (Å²) in [6.45, 7) is 6.37. The number of allylic oxidation sites excluding steroid dienone is 2. The van der Waals surface area contributed by atoms with Crippen molar-refractivity contribution in [1.82, 2.24) is 0 Å². The Morgan fingerprint density at radius 2 is 2.12 bits per heavy atom. The lowest BCUT2D eigenvalue weighted by molar-refractivity contribution is -0.124. The number of carbonyl (C=O) groups is 1. The van der Waals surface area contributed by atoms with Gasteiger partial charge in [0.1, 0.15) is 22.9 Å². The van der Waals surface area contributed by atoms with Crippen molar-refractivity contribution in [2.75, 3.05) is 0 Å². The van der Waals surface area contributed by atoms with Crippen LogP contribution >= 0.6 is 0 Å². The van der Waals surface area contributed by atoms with Gasteiger partial charge in [-0.3, -0.25) is 4.79 Å². The summed E-state index contributed by atoms with van der Waals surface area (Å²) in [5, 5.41) is 10.6. The van der Waals surface area contributed by atoms with E-state index in [4.69, 9.17) is 4.74 Å². The van der Waals surface area contributed by atoms with E-state index in [2.05, 4.69) is 32.9 Å². The molecule has 1 aliphatic heterocycles. The van der Waals surface area contributed by atoms with Crippen molar-refractivity contribution < 1.29 is 14.6 Å². The average molecular weight is 328 g/mol. The maximum atomic E-state index is 12.0. The maximum absolute atomic E-state index is 12.0. The Labute approximate surface area is 144 Å². The van der Waals surface area contributed by atoms with Gasteiger partial charge in [0.2, 0.25) is 0 Å². The van der Waals surface area contributed by atoms with Crippen LogP contribution in [0.2, 0.25) is 0 Å². The molecule has 0 aromatic heterocycles. The first kappa shape index (κ1) is 17.1. The molecule has 3 nitrogen and oxygen atoms in total. The molecule has 2 atom stereocenters. The van der Waals surface area contributed by atoms with Gasteiger partial charge in [-0.2, -0.15) is 0 Å². The zero-order valence-corrected chi connectivity index (χ0v) is 15.0. The molecule has 0 unspecified atom stereocenters. The number of carbonyl (C=O) groups excluding carboxylic acids is 1. The molecule has 0 saturated heterocycles. The predicted octanol–water partition coefficient (Wildman–Crippen LogP) is 4.91. The van der Waals surface area contributed by atoms with Crippen LogP contribution in [0.15, 0.2) is 24.3 Å². The topological polar surface area (TPSA) is 46.5 Å². The molecule has 3 heteroatoms. The van der Waals surface area contributed by atoms with Gasteiger partial charge < -0.3 is 9.84 Å². The molecular weight excluding hydrogens is 300 g/mol. The Bertz CT molecular complexity index is 657. The van der Waals surface area contributed by atoms with Crippen molar-refractivity contribution >= 4 is 5.78 Å². The second-order valence-electron chi connectivity index (χ2n) is 7.69. The molecule has 24 heavy (non-hydrogen) atoms. The van der Waals surface area contributed by atoms with Crippen molar-refractivity contribution in [3.05, 3.63) is 35.4 Å². The number of Topliss-reactive ketones (excluding diaryl/α,β-unsaturated/α-hetero) is 1. The van der Waals surface area contributed by atoms with Gasteiger partial charge in [-0.25, -0.2) is 0 Å². The molecule has 130 valence electrons. The lowest BCUT2D eigenvalue weighted by Crippen LogP contribution is -2.47. The number of phenolic OH excluding ortho intramolecular Hbond substituents is 1. The third-order valence-corrected chi connectivity index (χ3v) is 5.46. The number of ether oxygens (including phenoxy) is 1. The minimum absolute atomic E-state index is 0.0784. The summed E-state index contributed by atoms with van der Waals surface area (Å²) in [5.41, 5.74) is 1.59. The molecular formula is C21H28O3. The molecule has 1 fully saturated rings. The van der Waals surface area contributed by atoms with Gasteiger partial charge in [0, 0.05) is 30.2 Å². The largest absolute Gasteiger partial charge is 0.508 e. The summed E-state index contributed by atoms with van der Waals surface area (Å²) in [5.74, 6) is 1.70. The molecule has 0 amide bonds. The summed E-state index contributed by atoms with van der Waals surface area (Å²) in [4.78, 5) is 12.0. The quantitative estimate of drug-likeness (QED) is 0.798. The molecule has 1 aromatic carbocycles. The van der Waals surface area contributed by atoms with Crippen LogP contribution in [0.4, 0.5) is 0 Å². The lowest BCUT2D eigenvalue weighted by atomic mass is 9.66. The van der Waals surface area contributed by atoms with Gasteiger partial charge in [0.25, 0.3) is 0 Å². The number of aromatic hydroxyl groups is 1. The molecule has 1 aliphatic carbocycles. The molecule has 2 aliphatic rings. The summed E-state index contributed by atoms with van der Waals surface area (Å²) >= 11 is 0. The van der Waals surface area contributed by atoms with Crippen molar-refractivity contribution in [2.45, 2.75) is 70.8 Å². The number of hydrogen-bond donors (Lipinski definition) is 1. The van der Waals surface area contributed by atoms with Gasteiger partial charge in [-0.15, -0.1) is 0 Å². The Hall–Kier alpha value is -1.77. The minimum atomic E-state index is -0.304. The van der Waals surface area contributed by atoms with Crippen LogP contribution in [0.5, 0.6) is 11.5 Å². The van der Waals surface area contributed by atoms with Crippen LogP contribution in [-0.4, -0.2) is 16.5 Å². The Kier molecular flexibility index (Phi) is 4.71. The first-order valence-electron chi connectivity index (χ1n) is 9.14. The minimum Gasteiger partial charge on any atom is -0.508 e. The standard InChI is InChI=1S/C21H28O3/c1-4-5-6-7-8-14-11-18(23)20-16-13-15(22)9-10-17(16)21(2,3)24-19(20)12-14/h6-7,11-12,16-17,23H,4-5,8-10,13H2,1-3H3/t16-,17-/m1/s1. The summed E-state index contributed by atoms with van der Waals surface area (Å²) < 4.78 is 6.28. The molecule has 1 aromatic rings. The van der Waals surface area contributed by atoms with Gasteiger partial charge >= 0.3 is 0 Å². The number of benzene rings is 1. The number of ketones is 1. The normalized spacial score (nSPS) is 25.2. The monoisotopic (exact) mass is 328 g/mol. The fourth-order valence-electron chi connectivity index (χ4n) is 4.25. The maximum Gasteiger partial charge on any atom is 0.133 e. The predicted molar refractivity (Wildman–Crippen MR) is 95.7 cm³/mol. The highest BCUT2D eigenvalue weighted by Gasteiger charge is 2.47. The van der Waals surface area contributed by atoms with Crippen molar-refractivity contribution in [2.24, 2.45) is 5.92 Å². The number of rotatable bonds is 4. The van der Waals surface area contributed by atoms with Gasteiger partial charge in [0.05, 0.1) is 0 Å². The van der Waals surface area contributed by atoms with Crippen LogP contribution < -0.4 is 4.74 Å². The second kappa shape index (κ2) is 6.62. The zero-order valence-electron chi connectivity index (χ0n) is 15.0. The van der Waals surface area contributed by atoms with Crippen LogP contribution in [0.3, 0.4) is 0 Å². The zero-order chi connectivity index (χ0) is 17.3. The fourth-order valence-corrected chi connectivity index (χ4v) is 4.25. The SMILES string of the molecule is CCCC=CCc1cc(O)c2c(c1)OC(C)(C)[C@@H]1CCC(=O)C[C@@H]21. The van der Waals surface area contributed by atoms with E-state index >= 15 is 0 Å². The first-order chi connectivity index (χ1) is 11.4. The number of phenols is 1. The van der Waals surface area contributed by atoms with E-state index in [-0.39, 0.29) is 23.2 Å². The van der Waals surface area contributed by atoms with Crippen LogP contribution in [0.25, 0.3) is 0 Å². The average Bonchev–Trinajstić information content (AvgIpc) is 2.50. The van der Waals surface area contributed by atoms with Crippen molar-refractivity contribution in [3.8, 4) is 11.5 Å². The highest BCUT2D eigenvalue weighted by molar-refractivity contribution is 5.81. The van der Waals surface area contributed by atoms with E-state index < -0.39 is 0 Å². The summed E-state index contributed by atoms with van der Waals surface area (Å²) in [6, 6.07) is 3.88. The summed E-state index contributed by atoms with van der Waals surface area (Å²) in [6.07, 6.45) is 9.32. The molecule has 0 bridgehead atoms. The van der Waals surface area contributed by atoms with Gasteiger partial charge in [-0.1, -0.05) is 25.5 Å². The van der Waals surface area contributed by atoms with E-state index in [1.54, 1.807) is 0 Å². The van der Waals surface area contributed by atoms with Crippen molar-refractivity contribution in [1.29, 1.82) is 0 Å². The Morgan fingerprint density at radius 3 is 2.88 bits per heavy atom. The lowest BCUT2D eigenvalue weighted by Gasteiger charge is -2.47.